The number of hydrogen-bond acceptors (Lipinski definition) is 2. The molecule has 2 aromatic heterocycles. The summed E-state index contributed by atoms with van der Waals surface area (Å²) in [5.74, 6) is 0. The third-order valence-corrected chi connectivity index (χ3v) is 3.18. The standard InChI is InChI=1S/C17H18N2/c1-17(2,3)11-12-6-7-15-14(9-12)10-13-5-4-8-18-16(13)19-15/h4-10H,11H2,1-3H3. The molecule has 2 heteroatoms. The lowest BCUT2D eigenvalue weighted by atomic mass is 9.88. The van der Waals surface area contributed by atoms with Crippen molar-refractivity contribution >= 4 is 21.9 Å². The summed E-state index contributed by atoms with van der Waals surface area (Å²) in [7, 11) is 0. The lowest BCUT2D eigenvalue weighted by Gasteiger charge is -2.18. The lowest BCUT2D eigenvalue weighted by Crippen LogP contribution is -2.08. The summed E-state index contributed by atoms with van der Waals surface area (Å²) in [6.07, 6.45) is 2.86. The van der Waals surface area contributed by atoms with Gasteiger partial charge in [-0.25, -0.2) is 9.97 Å². The van der Waals surface area contributed by atoms with Gasteiger partial charge in [0.2, 0.25) is 0 Å². The molecule has 3 rings (SSSR count). The minimum atomic E-state index is 0.305. The molecule has 0 aliphatic rings. The zero-order valence-corrected chi connectivity index (χ0v) is 11.6. The normalized spacial score (nSPS) is 12.2. The quantitative estimate of drug-likeness (QED) is 0.599. The first-order valence-electron chi connectivity index (χ1n) is 6.66. The third kappa shape index (κ3) is 2.58. The Morgan fingerprint density at radius 2 is 1.84 bits per heavy atom. The van der Waals surface area contributed by atoms with E-state index < -0.39 is 0 Å². The highest BCUT2D eigenvalue weighted by Gasteiger charge is 2.11. The highest BCUT2D eigenvalue weighted by Crippen LogP contribution is 2.24. The van der Waals surface area contributed by atoms with Crippen molar-refractivity contribution in [3.8, 4) is 0 Å². The fraction of sp³-hybridized carbons (Fsp3) is 0.294. The van der Waals surface area contributed by atoms with E-state index in [1.54, 1.807) is 6.20 Å². The summed E-state index contributed by atoms with van der Waals surface area (Å²) < 4.78 is 0. The maximum atomic E-state index is 4.60. The number of aromatic nitrogens is 2. The van der Waals surface area contributed by atoms with Crippen LogP contribution < -0.4 is 0 Å². The van der Waals surface area contributed by atoms with Gasteiger partial charge in [0.15, 0.2) is 5.65 Å². The van der Waals surface area contributed by atoms with E-state index in [-0.39, 0.29) is 0 Å². The van der Waals surface area contributed by atoms with E-state index in [2.05, 4.69) is 61.1 Å². The minimum absolute atomic E-state index is 0.305. The molecular formula is C17H18N2. The monoisotopic (exact) mass is 250 g/mol. The number of hydrogen-bond donors (Lipinski definition) is 0. The fourth-order valence-corrected chi connectivity index (χ4v) is 2.44. The van der Waals surface area contributed by atoms with Crippen LogP contribution in [0, 0.1) is 5.41 Å². The van der Waals surface area contributed by atoms with E-state index in [4.69, 9.17) is 0 Å². The molecule has 0 unspecified atom stereocenters. The maximum absolute atomic E-state index is 4.60. The van der Waals surface area contributed by atoms with Crippen LogP contribution in [0.5, 0.6) is 0 Å². The molecule has 0 bridgehead atoms. The summed E-state index contributed by atoms with van der Waals surface area (Å²) in [4.78, 5) is 8.91. The van der Waals surface area contributed by atoms with Crippen molar-refractivity contribution < 1.29 is 0 Å². The van der Waals surface area contributed by atoms with Crippen LogP contribution in [-0.2, 0) is 6.42 Å². The molecule has 3 aromatic rings. The first kappa shape index (κ1) is 12.1. The topological polar surface area (TPSA) is 25.8 Å². The molecule has 0 aliphatic heterocycles. The average Bonchev–Trinajstić information content (AvgIpc) is 2.34. The molecule has 0 fully saturated rings. The van der Waals surface area contributed by atoms with Crippen molar-refractivity contribution in [3.05, 3.63) is 48.2 Å². The SMILES string of the molecule is CC(C)(C)Cc1ccc2nc3ncccc3cc2c1. The van der Waals surface area contributed by atoms with Crippen LogP contribution in [0.15, 0.2) is 42.6 Å². The molecule has 19 heavy (non-hydrogen) atoms. The third-order valence-electron chi connectivity index (χ3n) is 3.18. The molecule has 0 saturated heterocycles. The number of nitrogens with zero attached hydrogens (tertiary/aromatic N) is 2. The Morgan fingerprint density at radius 1 is 1.00 bits per heavy atom. The van der Waals surface area contributed by atoms with Gasteiger partial charge in [-0.2, -0.15) is 0 Å². The Kier molecular flexibility index (Phi) is 2.74. The van der Waals surface area contributed by atoms with E-state index >= 15 is 0 Å². The number of pyridine rings is 2. The Bertz CT molecular complexity index is 739. The van der Waals surface area contributed by atoms with Gasteiger partial charge < -0.3 is 0 Å². The maximum Gasteiger partial charge on any atom is 0.159 e. The van der Waals surface area contributed by atoms with Crippen LogP contribution in [0.1, 0.15) is 26.3 Å². The molecule has 0 spiro atoms. The second-order valence-corrected chi connectivity index (χ2v) is 6.30. The Balaban J connectivity index is 2.14. The highest BCUT2D eigenvalue weighted by atomic mass is 14.8. The van der Waals surface area contributed by atoms with Crippen LogP contribution >= 0.6 is 0 Å². The molecule has 1 aromatic carbocycles. The molecule has 0 amide bonds. The molecule has 2 nitrogen and oxygen atoms in total. The van der Waals surface area contributed by atoms with Gasteiger partial charge in [0.1, 0.15) is 0 Å². The molecule has 0 saturated carbocycles. The molecule has 0 radical (unpaired) electrons. The van der Waals surface area contributed by atoms with E-state index in [0.717, 1.165) is 23.0 Å². The van der Waals surface area contributed by atoms with Crippen molar-refractivity contribution in [1.82, 2.24) is 9.97 Å². The second kappa shape index (κ2) is 4.30. The fourth-order valence-electron chi connectivity index (χ4n) is 2.44. The molecule has 0 N–H and O–H groups in total. The van der Waals surface area contributed by atoms with Gasteiger partial charge in [0.25, 0.3) is 0 Å². The van der Waals surface area contributed by atoms with Gasteiger partial charge in [-0.3, -0.25) is 0 Å². The van der Waals surface area contributed by atoms with Gasteiger partial charge in [-0.15, -0.1) is 0 Å². The van der Waals surface area contributed by atoms with Crippen molar-refractivity contribution in [2.75, 3.05) is 0 Å². The van der Waals surface area contributed by atoms with Crippen molar-refractivity contribution in [2.24, 2.45) is 5.41 Å². The van der Waals surface area contributed by atoms with Crippen molar-refractivity contribution in [2.45, 2.75) is 27.2 Å². The van der Waals surface area contributed by atoms with Crippen LogP contribution in [0.25, 0.3) is 21.9 Å². The van der Waals surface area contributed by atoms with Gasteiger partial charge in [0.05, 0.1) is 5.52 Å². The average molecular weight is 250 g/mol. The molecule has 96 valence electrons. The summed E-state index contributed by atoms with van der Waals surface area (Å²) in [5, 5.41) is 2.30. The number of fused-ring (bicyclic) bond motifs is 2. The lowest BCUT2D eigenvalue weighted by molar-refractivity contribution is 0.411. The zero-order valence-electron chi connectivity index (χ0n) is 11.6. The minimum Gasteiger partial charge on any atom is -0.237 e. The first-order chi connectivity index (χ1) is 9.01. The molecule has 2 heterocycles. The summed E-state index contributed by atoms with van der Waals surface area (Å²) in [6.45, 7) is 6.79. The van der Waals surface area contributed by atoms with Gasteiger partial charge in [0, 0.05) is 17.0 Å². The Morgan fingerprint density at radius 3 is 2.63 bits per heavy atom. The van der Waals surface area contributed by atoms with Gasteiger partial charge in [-0.05, 0) is 47.7 Å². The highest BCUT2D eigenvalue weighted by molar-refractivity contribution is 5.91. The smallest absolute Gasteiger partial charge is 0.159 e. The van der Waals surface area contributed by atoms with Crippen LogP contribution in [0.2, 0.25) is 0 Å². The molecule has 0 aliphatic carbocycles. The van der Waals surface area contributed by atoms with E-state index in [1.165, 1.54) is 10.9 Å². The largest absolute Gasteiger partial charge is 0.237 e. The number of rotatable bonds is 1. The van der Waals surface area contributed by atoms with Crippen LogP contribution in [0.4, 0.5) is 0 Å². The van der Waals surface area contributed by atoms with Gasteiger partial charge in [-0.1, -0.05) is 26.8 Å². The van der Waals surface area contributed by atoms with Crippen LogP contribution in [-0.4, -0.2) is 9.97 Å². The number of benzene rings is 1. The summed E-state index contributed by atoms with van der Waals surface area (Å²) >= 11 is 0. The second-order valence-electron chi connectivity index (χ2n) is 6.30. The Hall–Kier alpha value is -1.96. The molecule has 0 atom stereocenters. The molecular weight excluding hydrogens is 232 g/mol. The first-order valence-corrected chi connectivity index (χ1v) is 6.66. The van der Waals surface area contributed by atoms with Crippen molar-refractivity contribution in [1.29, 1.82) is 0 Å². The van der Waals surface area contributed by atoms with E-state index in [0.29, 0.717) is 5.41 Å². The van der Waals surface area contributed by atoms with Crippen LogP contribution in [0.3, 0.4) is 0 Å². The summed E-state index contributed by atoms with van der Waals surface area (Å²) in [5.41, 5.74) is 3.51. The van der Waals surface area contributed by atoms with E-state index in [1.807, 2.05) is 6.07 Å². The van der Waals surface area contributed by atoms with E-state index in [9.17, 15) is 0 Å². The zero-order chi connectivity index (χ0) is 13.5. The predicted octanol–water partition coefficient (Wildman–Crippen LogP) is 4.37. The predicted molar refractivity (Wildman–Crippen MR) is 80.2 cm³/mol. The Labute approximate surface area is 113 Å². The summed E-state index contributed by atoms with van der Waals surface area (Å²) in [6, 6.07) is 12.7. The van der Waals surface area contributed by atoms with Gasteiger partial charge >= 0.3 is 0 Å². The van der Waals surface area contributed by atoms with Crippen molar-refractivity contribution in [3.63, 3.8) is 0 Å².